The van der Waals surface area contributed by atoms with E-state index in [1.54, 1.807) is 7.11 Å². The summed E-state index contributed by atoms with van der Waals surface area (Å²) in [4.78, 5) is 9.08. The molecule has 1 N–H and O–H groups in total. The molecule has 0 bridgehead atoms. The lowest BCUT2D eigenvalue weighted by molar-refractivity contribution is 0.180. The third-order valence-electron chi connectivity index (χ3n) is 2.74. The molecule has 1 aromatic heterocycles. The second kappa shape index (κ2) is 7.15. The number of ether oxygens (including phenoxy) is 1. The largest absolute Gasteiger partial charge is 0.378 e. The monoisotopic (exact) mass is 399 g/mol. The fourth-order valence-corrected chi connectivity index (χ4v) is 2.79. The zero-order valence-electron chi connectivity index (χ0n) is 11.3. The Bertz CT molecular complexity index is 605. The molecule has 0 amide bonds. The van der Waals surface area contributed by atoms with Gasteiger partial charge in [-0.25, -0.2) is 9.97 Å². The molecule has 2 aromatic rings. The van der Waals surface area contributed by atoms with Crippen LogP contribution in [0, 0.1) is 0 Å². The van der Waals surface area contributed by atoms with Crippen LogP contribution in [0.1, 0.15) is 17.1 Å². The van der Waals surface area contributed by atoms with Crippen molar-refractivity contribution >= 4 is 37.7 Å². The highest BCUT2D eigenvalue weighted by Crippen LogP contribution is 2.25. The van der Waals surface area contributed by atoms with Gasteiger partial charge in [0.25, 0.3) is 0 Å². The summed E-state index contributed by atoms with van der Waals surface area (Å²) in [6.07, 6.45) is 0.679. The van der Waals surface area contributed by atoms with E-state index in [2.05, 4.69) is 59.3 Å². The van der Waals surface area contributed by atoms with Gasteiger partial charge in [0.2, 0.25) is 0 Å². The van der Waals surface area contributed by atoms with Gasteiger partial charge in [0, 0.05) is 25.1 Å². The third-order valence-corrected chi connectivity index (χ3v) is 4.06. The lowest BCUT2D eigenvalue weighted by Crippen LogP contribution is -2.07. The van der Waals surface area contributed by atoms with Gasteiger partial charge in [0.1, 0.15) is 11.6 Å². The molecule has 1 aromatic carbocycles. The van der Waals surface area contributed by atoms with Crippen LogP contribution in [-0.2, 0) is 17.8 Å². The first-order valence-electron chi connectivity index (χ1n) is 6.10. The van der Waals surface area contributed by atoms with Gasteiger partial charge in [-0.05, 0) is 33.6 Å². The van der Waals surface area contributed by atoms with Gasteiger partial charge in [-0.2, -0.15) is 0 Å². The number of nitrogens with one attached hydrogen (secondary N) is 1. The van der Waals surface area contributed by atoms with Crippen molar-refractivity contribution in [1.29, 1.82) is 0 Å². The van der Waals surface area contributed by atoms with E-state index < -0.39 is 0 Å². The van der Waals surface area contributed by atoms with Crippen molar-refractivity contribution < 1.29 is 4.74 Å². The van der Waals surface area contributed by atoms with Crippen molar-refractivity contribution in [2.24, 2.45) is 0 Å². The summed E-state index contributed by atoms with van der Waals surface area (Å²) in [5.74, 6) is 1.54. The normalized spacial score (nSPS) is 10.6. The third kappa shape index (κ3) is 3.77. The number of benzene rings is 1. The molecule has 0 aliphatic carbocycles. The summed E-state index contributed by atoms with van der Waals surface area (Å²) < 4.78 is 7.08. The van der Waals surface area contributed by atoms with Gasteiger partial charge in [-0.15, -0.1) is 0 Å². The van der Waals surface area contributed by atoms with E-state index in [9.17, 15) is 0 Å². The van der Waals surface area contributed by atoms with Gasteiger partial charge in [0.15, 0.2) is 0 Å². The summed E-state index contributed by atoms with van der Waals surface area (Å²) in [6, 6.07) is 8.14. The summed E-state index contributed by atoms with van der Waals surface area (Å²) in [6.45, 7) is 0.448. The molecule has 0 spiro atoms. The van der Waals surface area contributed by atoms with Crippen molar-refractivity contribution in [3.8, 4) is 0 Å². The van der Waals surface area contributed by atoms with Crippen LogP contribution in [0.5, 0.6) is 0 Å². The molecule has 1 heterocycles. The van der Waals surface area contributed by atoms with Gasteiger partial charge in [0.05, 0.1) is 16.8 Å². The van der Waals surface area contributed by atoms with Gasteiger partial charge < -0.3 is 10.1 Å². The van der Waals surface area contributed by atoms with Crippen LogP contribution in [0.3, 0.4) is 0 Å². The lowest BCUT2D eigenvalue weighted by atomic mass is 10.1. The van der Waals surface area contributed by atoms with Crippen molar-refractivity contribution in [3.63, 3.8) is 0 Å². The van der Waals surface area contributed by atoms with E-state index in [-0.39, 0.29) is 0 Å². The number of hydrogen-bond donors (Lipinski definition) is 1. The Hall–Kier alpha value is -0.980. The van der Waals surface area contributed by atoms with Crippen LogP contribution >= 0.6 is 31.9 Å². The average molecular weight is 401 g/mol. The molecular formula is C14H15Br2N3O. The van der Waals surface area contributed by atoms with Gasteiger partial charge in [-0.3, -0.25) is 0 Å². The molecule has 0 radical (unpaired) electrons. The number of nitrogens with zero attached hydrogens (tertiary/aromatic N) is 2. The maximum absolute atomic E-state index is 5.18. The standard InChI is InChI=1S/C14H15Br2N3O/c1-17-14-13(16)11(8-20-2)18-12(19-14)7-9-4-3-5-10(15)6-9/h3-6H,7-8H2,1-2H3,(H,17,18,19). The Balaban J connectivity index is 2.34. The molecule has 0 saturated carbocycles. The molecule has 0 saturated heterocycles. The number of hydrogen-bond acceptors (Lipinski definition) is 4. The molecule has 6 heteroatoms. The first-order valence-corrected chi connectivity index (χ1v) is 7.69. The molecular weight excluding hydrogens is 386 g/mol. The van der Waals surface area contributed by atoms with Crippen molar-refractivity contribution in [3.05, 3.63) is 50.3 Å². The predicted molar refractivity (Wildman–Crippen MR) is 86.9 cm³/mol. The first-order chi connectivity index (χ1) is 9.63. The van der Waals surface area contributed by atoms with E-state index in [0.29, 0.717) is 13.0 Å². The highest BCUT2D eigenvalue weighted by atomic mass is 79.9. The zero-order valence-corrected chi connectivity index (χ0v) is 14.5. The van der Waals surface area contributed by atoms with Crippen molar-refractivity contribution in [1.82, 2.24) is 9.97 Å². The highest BCUT2D eigenvalue weighted by Gasteiger charge is 2.11. The minimum Gasteiger partial charge on any atom is -0.378 e. The average Bonchev–Trinajstić information content (AvgIpc) is 2.42. The van der Waals surface area contributed by atoms with Crippen LogP contribution in [0.4, 0.5) is 5.82 Å². The highest BCUT2D eigenvalue weighted by molar-refractivity contribution is 9.11. The predicted octanol–water partition coefficient (Wildman–Crippen LogP) is 3.78. The Kier molecular flexibility index (Phi) is 5.51. The molecule has 2 rings (SSSR count). The number of halogens is 2. The van der Waals surface area contributed by atoms with Crippen LogP contribution in [0.15, 0.2) is 33.2 Å². The number of anilines is 1. The summed E-state index contributed by atoms with van der Waals surface area (Å²) in [5, 5.41) is 3.07. The second-order valence-electron chi connectivity index (χ2n) is 4.24. The maximum Gasteiger partial charge on any atom is 0.144 e. The molecule has 0 fully saturated rings. The van der Waals surface area contributed by atoms with E-state index in [1.165, 1.54) is 0 Å². The maximum atomic E-state index is 5.18. The van der Waals surface area contributed by atoms with Crippen LogP contribution in [0.2, 0.25) is 0 Å². The number of rotatable bonds is 5. The molecule has 0 aliphatic rings. The summed E-state index contributed by atoms with van der Waals surface area (Å²) in [7, 11) is 3.49. The van der Waals surface area contributed by atoms with Crippen LogP contribution in [0.25, 0.3) is 0 Å². The van der Waals surface area contributed by atoms with Crippen molar-refractivity contribution in [2.45, 2.75) is 13.0 Å². The number of methoxy groups -OCH3 is 1. The topological polar surface area (TPSA) is 47.0 Å². The second-order valence-corrected chi connectivity index (χ2v) is 5.95. The molecule has 0 atom stereocenters. The SMILES string of the molecule is CNc1nc(Cc2cccc(Br)c2)nc(COC)c1Br. The fourth-order valence-electron chi connectivity index (χ4n) is 1.85. The first kappa shape index (κ1) is 15.4. The molecule has 106 valence electrons. The Labute approximate surface area is 135 Å². The van der Waals surface area contributed by atoms with E-state index in [4.69, 9.17) is 4.74 Å². The Morgan fingerprint density at radius 2 is 2.05 bits per heavy atom. The quantitative estimate of drug-likeness (QED) is 0.829. The minimum absolute atomic E-state index is 0.448. The lowest BCUT2D eigenvalue weighted by Gasteiger charge is -2.11. The Morgan fingerprint density at radius 3 is 2.70 bits per heavy atom. The van der Waals surface area contributed by atoms with Gasteiger partial charge in [-0.1, -0.05) is 28.1 Å². The molecule has 0 aliphatic heterocycles. The van der Waals surface area contributed by atoms with Crippen molar-refractivity contribution in [2.75, 3.05) is 19.5 Å². The summed E-state index contributed by atoms with van der Waals surface area (Å²) in [5.41, 5.74) is 2.00. The summed E-state index contributed by atoms with van der Waals surface area (Å²) >= 11 is 6.97. The molecule has 0 unspecified atom stereocenters. The zero-order chi connectivity index (χ0) is 14.5. The van der Waals surface area contributed by atoms with Crippen LogP contribution in [-0.4, -0.2) is 24.1 Å². The fraction of sp³-hybridized carbons (Fsp3) is 0.286. The van der Waals surface area contributed by atoms with Gasteiger partial charge >= 0.3 is 0 Å². The van der Waals surface area contributed by atoms with Crippen LogP contribution < -0.4 is 5.32 Å². The smallest absolute Gasteiger partial charge is 0.144 e. The molecule has 20 heavy (non-hydrogen) atoms. The van der Waals surface area contributed by atoms with E-state index >= 15 is 0 Å². The van der Waals surface area contributed by atoms with E-state index in [0.717, 1.165) is 31.8 Å². The Morgan fingerprint density at radius 1 is 1.25 bits per heavy atom. The molecule has 4 nitrogen and oxygen atoms in total. The minimum atomic E-state index is 0.448. The number of aromatic nitrogens is 2. The van der Waals surface area contributed by atoms with E-state index in [1.807, 2.05) is 19.2 Å².